The van der Waals surface area contributed by atoms with Crippen LogP contribution < -0.4 is 5.32 Å². The summed E-state index contributed by atoms with van der Waals surface area (Å²) in [6, 6.07) is 9.77. The van der Waals surface area contributed by atoms with Crippen molar-refractivity contribution in [3.8, 4) is 0 Å². The molecule has 0 aliphatic heterocycles. The zero-order chi connectivity index (χ0) is 11.7. The number of aryl methyl sites for hydroxylation is 1. The van der Waals surface area contributed by atoms with E-state index >= 15 is 0 Å². The minimum atomic E-state index is 0.761. The minimum Gasteiger partial charge on any atom is -0.316 e. The van der Waals surface area contributed by atoms with E-state index in [0.717, 1.165) is 17.9 Å². The molecule has 1 aromatic carbocycles. The molecule has 2 atom stereocenters. The third-order valence-electron chi connectivity index (χ3n) is 4.88. The molecule has 1 heteroatoms. The second kappa shape index (κ2) is 4.81. The Morgan fingerprint density at radius 3 is 2.47 bits per heavy atom. The fourth-order valence-electron chi connectivity index (χ4n) is 3.69. The first-order valence-electron chi connectivity index (χ1n) is 7.12. The van der Waals surface area contributed by atoms with Crippen molar-refractivity contribution < 1.29 is 0 Å². The van der Waals surface area contributed by atoms with Crippen molar-refractivity contribution in [2.24, 2.45) is 11.8 Å². The van der Waals surface area contributed by atoms with Crippen LogP contribution in [0.2, 0.25) is 0 Å². The van der Waals surface area contributed by atoms with E-state index in [-0.39, 0.29) is 0 Å². The van der Waals surface area contributed by atoms with Gasteiger partial charge in [0, 0.05) is 6.04 Å². The second-order valence-corrected chi connectivity index (χ2v) is 5.78. The quantitative estimate of drug-likeness (QED) is 0.839. The van der Waals surface area contributed by atoms with E-state index < -0.39 is 0 Å². The normalized spacial score (nSPS) is 26.1. The molecule has 0 bridgehead atoms. The first-order valence-corrected chi connectivity index (χ1v) is 7.12. The Hall–Kier alpha value is -0.820. The summed E-state index contributed by atoms with van der Waals surface area (Å²) >= 11 is 0. The smallest absolute Gasteiger partial charge is 0.0124 e. The first kappa shape index (κ1) is 11.3. The van der Waals surface area contributed by atoms with Crippen LogP contribution in [0.15, 0.2) is 24.3 Å². The summed E-state index contributed by atoms with van der Waals surface area (Å²) in [7, 11) is 2.16. The summed E-state index contributed by atoms with van der Waals surface area (Å²) in [5, 5.41) is 3.60. The van der Waals surface area contributed by atoms with Crippen LogP contribution >= 0.6 is 0 Å². The lowest BCUT2D eigenvalue weighted by Gasteiger charge is -2.40. The van der Waals surface area contributed by atoms with Crippen LogP contribution in [0.3, 0.4) is 0 Å². The first-order chi connectivity index (χ1) is 8.38. The van der Waals surface area contributed by atoms with Gasteiger partial charge in [-0.1, -0.05) is 30.7 Å². The van der Waals surface area contributed by atoms with E-state index in [1.54, 1.807) is 11.1 Å². The number of fused-ring (bicyclic) bond motifs is 1. The molecule has 92 valence electrons. The van der Waals surface area contributed by atoms with Gasteiger partial charge in [0.25, 0.3) is 0 Å². The summed E-state index contributed by atoms with van der Waals surface area (Å²) in [6.45, 7) is 0. The van der Waals surface area contributed by atoms with Gasteiger partial charge in [-0.3, -0.25) is 0 Å². The highest BCUT2D eigenvalue weighted by Crippen LogP contribution is 2.37. The van der Waals surface area contributed by atoms with Gasteiger partial charge in [0.15, 0.2) is 0 Å². The maximum absolute atomic E-state index is 3.60. The van der Waals surface area contributed by atoms with Crippen LogP contribution in [-0.2, 0) is 12.8 Å². The van der Waals surface area contributed by atoms with E-state index in [9.17, 15) is 0 Å². The highest BCUT2D eigenvalue weighted by Gasteiger charge is 2.33. The maximum atomic E-state index is 3.60. The summed E-state index contributed by atoms with van der Waals surface area (Å²) in [4.78, 5) is 0. The van der Waals surface area contributed by atoms with Gasteiger partial charge >= 0.3 is 0 Å². The van der Waals surface area contributed by atoms with Crippen LogP contribution in [0.4, 0.5) is 0 Å². The molecular weight excluding hydrogens is 206 g/mol. The van der Waals surface area contributed by atoms with Crippen LogP contribution in [0.5, 0.6) is 0 Å². The van der Waals surface area contributed by atoms with Gasteiger partial charge in [0.1, 0.15) is 0 Å². The molecule has 1 fully saturated rings. The van der Waals surface area contributed by atoms with Gasteiger partial charge in [-0.15, -0.1) is 0 Å². The van der Waals surface area contributed by atoms with E-state index in [1.165, 1.54) is 38.5 Å². The highest BCUT2D eigenvalue weighted by molar-refractivity contribution is 5.30. The molecule has 1 saturated carbocycles. The Kier molecular flexibility index (Phi) is 3.19. The molecule has 0 spiro atoms. The molecule has 17 heavy (non-hydrogen) atoms. The summed E-state index contributed by atoms with van der Waals surface area (Å²) in [5.41, 5.74) is 3.19. The second-order valence-electron chi connectivity index (χ2n) is 5.78. The average Bonchev–Trinajstić information content (AvgIpc) is 2.33. The third kappa shape index (κ3) is 2.13. The zero-order valence-corrected chi connectivity index (χ0v) is 10.8. The lowest BCUT2D eigenvalue weighted by Crippen LogP contribution is -2.45. The Labute approximate surface area is 105 Å². The summed E-state index contributed by atoms with van der Waals surface area (Å²) in [5.74, 6) is 1.82. The fraction of sp³-hybridized carbons (Fsp3) is 0.625. The van der Waals surface area contributed by atoms with Crippen LogP contribution in [0.25, 0.3) is 0 Å². The van der Waals surface area contributed by atoms with E-state index in [1.807, 2.05) is 0 Å². The van der Waals surface area contributed by atoms with Crippen LogP contribution in [0.1, 0.15) is 36.8 Å². The molecule has 0 amide bonds. The van der Waals surface area contributed by atoms with Gasteiger partial charge in [0.05, 0.1) is 0 Å². The monoisotopic (exact) mass is 229 g/mol. The summed E-state index contributed by atoms with van der Waals surface area (Å²) in [6.07, 6.45) is 8.29. The topological polar surface area (TPSA) is 12.0 Å². The molecule has 2 aliphatic rings. The van der Waals surface area contributed by atoms with Crippen LogP contribution in [0, 0.1) is 11.8 Å². The predicted molar refractivity (Wildman–Crippen MR) is 72.1 cm³/mol. The van der Waals surface area contributed by atoms with Gasteiger partial charge in [-0.05, 0) is 62.1 Å². The van der Waals surface area contributed by atoms with Crippen molar-refractivity contribution >= 4 is 0 Å². The molecule has 0 heterocycles. The summed E-state index contributed by atoms with van der Waals surface area (Å²) < 4.78 is 0. The standard InChI is InChI=1S/C16H23N/c1-17-16(13-7-4-8-13)15-10-9-12-5-2-3-6-14(12)11-15/h2-3,5-6,13,15-17H,4,7-11H2,1H3. The van der Waals surface area contributed by atoms with Crippen LogP contribution in [-0.4, -0.2) is 13.1 Å². The fourth-order valence-corrected chi connectivity index (χ4v) is 3.69. The Morgan fingerprint density at radius 1 is 1.06 bits per heavy atom. The Bertz CT molecular complexity index is 381. The molecule has 3 rings (SSSR count). The lowest BCUT2D eigenvalue weighted by atomic mass is 9.70. The van der Waals surface area contributed by atoms with Crippen molar-refractivity contribution in [3.05, 3.63) is 35.4 Å². The molecule has 0 saturated heterocycles. The predicted octanol–water partition coefficient (Wildman–Crippen LogP) is 3.18. The molecule has 0 radical (unpaired) electrons. The third-order valence-corrected chi connectivity index (χ3v) is 4.88. The number of rotatable bonds is 3. The lowest BCUT2D eigenvalue weighted by molar-refractivity contribution is 0.170. The largest absolute Gasteiger partial charge is 0.316 e. The van der Waals surface area contributed by atoms with Gasteiger partial charge in [0.2, 0.25) is 0 Å². The molecular formula is C16H23N. The molecule has 2 aliphatic carbocycles. The number of hydrogen-bond acceptors (Lipinski definition) is 1. The molecule has 1 aromatic rings. The van der Waals surface area contributed by atoms with Crippen molar-refractivity contribution in [1.82, 2.24) is 5.32 Å². The molecule has 0 aromatic heterocycles. The van der Waals surface area contributed by atoms with E-state index in [4.69, 9.17) is 0 Å². The van der Waals surface area contributed by atoms with Gasteiger partial charge in [-0.25, -0.2) is 0 Å². The van der Waals surface area contributed by atoms with Crippen molar-refractivity contribution in [2.45, 2.75) is 44.6 Å². The SMILES string of the molecule is CNC(C1CCC1)C1CCc2ccccc2C1. The Balaban J connectivity index is 1.73. The molecule has 1 nitrogen and oxygen atoms in total. The average molecular weight is 229 g/mol. The van der Waals surface area contributed by atoms with E-state index in [0.29, 0.717) is 0 Å². The molecule has 1 N–H and O–H groups in total. The molecule has 2 unspecified atom stereocenters. The van der Waals surface area contributed by atoms with Crippen molar-refractivity contribution in [1.29, 1.82) is 0 Å². The van der Waals surface area contributed by atoms with Crippen molar-refractivity contribution in [3.63, 3.8) is 0 Å². The van der Waals surface area contributed by atoms with Crippen molar-refractivity contribution in [2.75, 3.05) is 7.05 Å². The zero-order valence-electron chi connectivity index (χ0n) is 10.8. The highest BCUT2D eigenvalue weighted by atomic mass is 14.9. The van der Waals surface area contributed by atoms with Gasteiger partial charge < -0.3 is 5.32 Å². The number of benzene rings is 1. The maximum Gasteiger partial charge on any atom is 0.0124 e. The number of hydrogen-bond donors (Lipinski definition) is 1. The van der Waals surface area contributed by atoms with Gasteiger partial charge in [-0.2, -0.15) is 0 Å². The van der Waals surface area contributed by atoms with E-state index in [2.05, 4.69) is 36.6 Å². The minimum absolute atomic E-state index is 0.761. The number of nitrogens with one attached hydrogen (secondary N) is 1. The Morgan fingerprint density at radius 2 is 1.82 bits per heavy atom.